The average Bonchev–Trinajstić information content (AvgIpc) is 2.57. The van der Waals surface area contributed by atoms with Gasteiger partial charge in [0, 0.05) is 26.7 Å². The molecular formula is C22H32N4. The summed E-state index contributed by atoms with van der Waals surface area (Å²) in [7, 11) is 6.01. The lowest BCUT2D eigenvalue weighted by atomic mass is 10.1. The van der Waals surface area contributed by atoms with Crippen molar-refractivity contribution in [2.75, 3.05) is 27.7 Å². The fraction of sp³-hybridized carbons (Fsp3) is 0.409. The minimum Gasteiger partial charge on any atom is -0.356 e. The van der Waals surface area contributed by atoms with Crippen LogP contribution in [0.5, 0.6) is 0 Å². The Morgan fingerprint density at radius 3 is 2.23 bits per heavy atom. The fourth-order valence-electron chi connectivity index (χ4n) is 3.16. The quantitative estimate of drug-likeness (QED) is 0.593. The molecule has 2 aromatic carbocycles. The summed E-state index contributed by atoms with van der Waals surface area (Å²) in [4.78, 5) is 6.53. The molecule has 0 aromatic heterocycles. The van der Waals surface area contributed by atoms with Crippen LogP contribution in [0.3, 0.4) is 0 Å². The lowest BCUT2D eigenvalue weighted by molar-refractivity contribution is 0.400. The highest BCUT2D eigenvalue weighted by Crippen LogP contribution is 2.11. The molecule has 0 aliphatic heterocycles. The standard InChI is InChI=1S/C22H32N4/c1-17-12-18(2)14-19(13-17)10-11-24-22(23-3)25-15-20-8-6-7-9-21(20)16-26(4)5/h6-9,12-14H,10-11,15-16H2,1-5H3,(H2,23,24,25). The Labute approximate surface area is 158 Å². The van der Waals surface area contributed by atoms with Crippen LogP contribution >= 0.6 is 0 Å². The van der Waals surface area contributed by atoms with Gasteiger partial charge in [-0.05, 0) is 51.1 Å². The second-order valence-corrected chi connectivity index (χ2v) is 7.10. The van der Waals surface area contributed by atoms with Gasteiger partial charge in [0.25, 0.3) is 0 Å². The van der Waals surface area contributed by atoms with Gasteiger partial charge < -0.3 is 15.5 Å². The van der Waals surface area contributed by atoms with E-state index in [1.54, 1.807) is 0 Å². The molecule has 2 rings (SSSR count). The summed E-state index contributed by atoms with van der Waals surface area (Å²) in [5, 5.41) is 6.84. The minimum absolute atomic E-state index is 0.771. The molecule has 0 saturated carbocycles. The van der Waals surface area contributed by atoms with Crippen LogP contribution in [0.15, 0.2) is 47.5 Å². The van der Waals surface area contributed by atoms with Gasteiger partial charge in [-0.2, -0.15) is 0 Å². The number of nitrogens with one attached hydrogen (secondary N) is 2. The first-order chi connectivity index (χ1) is 12.5. The second-order valence-electron chi connectivity index (χ2n) is 7.10. The number of hydrogen-bond donors (Lipinski definition) is 2. The molecule has 140 valence electrons. The molecule has 26 heavy (non-hydrogen) atoms. The molecule has 2 aromatic rings. The predicted octanol–water partition coefficient (Wildman–Crippen LogP) is 3.27. The highest BCUT2D eigenvalue weighted by Gasteiger charge is 2.05. The zero-order valence-electron chi connectivity index (χ0n) is 16.8. The molecule has 0 atom stereocenters. The fourth-order valence-corrected chi connectivity index (χ4v) is 3.16. The van der Waals surface area contributed by atoms with Crippen LogP contribution in [-0.2, 0) is 19.5 Å². The van der Waals surface area contributed by atoms with Crippen molar-refractivity contribution in [1.29, 1.82) is 0 Å². The number of hydrogen-bond acceptors (Lipinski definition) is 2. The van der Waals surface area contributed by atoms with Gasteiger partial charge in [0.2, 0.25) is 0 Å². The van der Waals surface area contributed by atoms with Gasteiger partial charge in [0.15, 0.2) is 5.96 Å². The van der Waals surface area contributed by atoms with Crippen LogP contribution in [0.4, 0.5) is 0 Å². The van der Waals surface area contributed by atoms with E-state index in [0.29, 0.717) is 0 Å². The number of aliphatic imine (C=N–C) groups is 1. The predicted molar refractivity (Wildman–Crippen MR) is 112 cm³/mol. The van der Waals surface area contributed by atoms with Crippen molar-refractivity contribution in [3.05, 3.63) is 70.3 Å². The van der Waals surface area contributed by atoms with E-state index < -0.39 is 0 Å². The number of nitrogens with zero attached hydrogens (tertiary/aromatic N) is 2. The summed E-state index contributed by atoms with van der Waals surface area (Å²) >= 11 is 0. The zero-order valence-corrected chi connectivity index (χ0v) is 16.8. The average molecular weight is 353 g/mol. The molecule has 4 heteroatoms. The molecule has 0 spiro atoms. The molecule has 0 amide bonds. The van der Waals surface area contributed by atoms with E-state index in [-0.39, 0.29) is 0 Å². The third kappa shape index (κ3) is 6.52. The van der Waals surface area contributed by atoms with E-state index in [4.69, 9.17) is 0 Å². The van der Waals surface area contributed by atoms with Gasteiger partial charge >= 0.3 is 0 Å². The summed E-state index contributed by atoms with van der Waals surface area (Å²) in [5.41, 5.74) is 6.65. The molecule has 4 nitrogen and oxygen atoms in total. The first kappa shape index (κ1) is 20.0. The number of benzene rings is 2. The maximum atomic E-state index is 4.34. The van der Waals surface area contributed by atoms with Crippen molar-refractivity contribution in [1.82, 2.24) is 15.5 Å². The van der Waals surface area contributed by atoms with Gasteiger partial charge in [0.05, 0.1) is 0 Å². The van der Waals surface area contributed by atoms with Crippen molar-refractivity contribution in [3.63, 3.8) is 0 Å². The molecule has 2 N–H and O–H groups in total. The highest BCUT2D eigenvalue weighted by molar-refractivity contribution is 5.79. The van der Waals surface area contributed by atoms with Gasteiger partial charge in [-0.25, -0.2) is 0 Å². The third-order valence-corrected chi connectivity index (χ3v) is 4.26. The maximum Gasteiger partial charge on any atom is 0.191 e. The number of guanidine groups is 1. The molecule has 0 saturated heterocycles. The SMILES string of the molecule is CN=C(NCCc1cc(C)cc(C)c1)NCc1ccccc1CN(C)C. The van der Waals surface area contributed by atoms with Crippen molar-refractivity contribution < 1.29 is 0 Å². The Morgan fingerprint density at radius 2 is 1.62 bits per heavy atom. The smallest absolute Gasteiger partial charge is 0.191 e. The van der Waals surface area contributed by atoms with Crippen LogP contribution in [0.2, 0.25) is 0 Å². The number of rotatable bonds is 7. The molecule has 0 radical (unpaired) electrons. The Morgan fingerprint density at radius 1 is 0.962 bits per heavy atom. The summed E-state index contributed by atoms with van der Waals surface area (Å²) in [6.45, 7) is 6.87. The van der Waals surface area contributed by atoms with E-state index in [2.05, 4.69) is 90.9 Å². The van der Waals surface area contributed by atoms with Crippen LogP contribution in [0.25, 0.3) is 0 Å². The van der Waals surface area contributed by atoms with Crippen molar-refractivity contribution in [2.24, 2.45) is 4.99 Å². The molecular weight excluding hydrogens is 320 g/mol. The first-order valence-electron chi connectivity index (χ1n) is 9.21. The summed E-state index contributed by atoms with van der Waals surface area (Å²) in [6, 6.07) is 15.3. The summed E-state index contributed by atoms with van der Waals surface area (Å²) in [6.07, 6.45) is 0.987. The summed E-state index contributed by atoms with van der Waals surface area (Å²) < 4.78 is 0. The van der Waals surface area contributed by atoms with Crippen LogP contribution in [0.1, 0.15) is 27.8 Å². The third-order valence-electron chi connectivity index (χ3n) is 4.26. The topological polar surface area (TPSA) is 39.7 Å². The van der Waals surface area contributed by atoms with Gasteiger partial charge in [-0.1, -0.05) is 53.6 Å². The van der Waals surface area contributed by atoms with E-state index >= 15 is 0 Å². The summed E-state index contributed by atoms with van der Waals surface area (Å²) in [5.74, 6) is 0.842. The van der Waals surface area contributed by atoms with Crippen LogP contribution in [-0.4, -0.2) is 38.5 Å². The highest BCUT2D eigenvalue weighted by atomic mass is 15.2. The van der Waals surface area contributed by atoms with Crippen LogP contribution < -0.4 is 10.6 Å². The lowest BCUT2D eigenvalue weighted by Gasteiger charge is -2.16. The van der Waals surface area contributed by atoms with Crippen LogP contribution in [0, 0.1) is 13.8 Å². The molecule has 0 fully saturated rings. The molecule has 0 unspecified atom stereocenters. The van der Waals surface area contributed by atoms with Crippen molar-refractivity contribution in [2.45, 2.75) is 33.4 Å². The minimum atomic E-state index is 0.771. The Balaban J connectivity index is 1.86. The largest absolute Gasteiger partial charge is 0.356 e. The number of aryl methyl sites for hydroxylation is 2. The van der Waals surface area contributed by atoms with Gasteiger partial charge in [-0.3, -0.25) is 4.99 Å². The van der Waals surface area contributed by atoms with E-state index in [0.717, 1.165) is 32.0 Å². The Bertz CT molecular complexity index is 714. The van der Waals surface area contributed by atoms with Gasteiger partial charge in [-0.15, -0.1) is 0 Å². The molecule has 0 bridgehead atoms. The van der Waals surface area contributed by atoms with E-state index in [1.165, 1.54) is 27.8 Å². The first-order valence-corrected chi connectivity index (χ1v) is 9.21. The van der Waals surface area contributed by atoms with E-state index in [9.17, 15) is 0 Å². The molecule has 0 aliphatic carbocycles. The van der Waals surface area contributed by atoms with E-state index in [1.807, 2.05) is 7.05 Å². The monoisotopic (exact) mass is 352 g/mol. The van der Waals surface area contributed by atoms with Crippen molar-refractivity contribution in [3.8, 4) is 0 Å². The van der Waals surface area contributed by atoms with Crippen molar-refractivity contribution >= 4 is 5.96 Å². The Hall–Kier alpha value is -2.33. The second kappa shape index (κ2) is 9.97. The van der Waals surface area contributed by atoms with Gasteiger partial charge in [0.1, 0.15) is 0 Å². The normalized spacial score (nSPS) is 11.7. The molecule has 0 aliphatic rings. The maximum absolute atomic E-state index is 4.34. The molecule has 0 heterocycles. The zero-order chi connectivity index (χ0) is 18.9. The lowest BCUT2D eigenvalue weighted by Crippen LogP contribution is -2.38. The Kier molecular flexibility index (Phi) is 7.67.